The molecule has 0 aliphatic carbocycles. The average molecular weight is 348 g/mol. The van der Waals surface area contributed by atoms with Crippen molar-refractivity contribution in [3.63, 3.8) is 0 Å². The van der Waals surface area contributed by atoms with Crippen molar-refractivity contribution in [3.8, 4) is 0 Å². The van der Waals surface area contributed by atoms with E-state index in [0.29, 0.717) is 13.1 Å². The lowest BCUT2D eigenvalue weighted by Crippen LogP contribution is -2.51. The molecule has 0 unspecified atom stereocenters. The van der Waals surface area contributed by atoms with Gasteiger partial charge in [-0.3, -0.25) is 14.5 Å². The number of hydrogen-bond acceptors (Lipinski definition) is 3. The molecule has 5 heteroatoms. The third-order valence-electron chi connectivity index (χ3n) is 5.15. The minimum atomic E-state index is 0.0882. The first-order valence-electron chi connectivity index (χ1n) is 9.04. The molecular formula is C21H24N4O. The number of hydrogen-bond donors (Lipinski definition) is 0. The van der Waals surface area contributed by atoms with E-state index in [1.54, 1.807) is 0 Å². The average Bonchev–Trinajstić information content (AvgIpc) is 2.82. The first-order chi connectivity index (χ1) is 12.3. The van der Waals surface area contributed by atoms with Crippen LogP contribution in [-0.4, -0.2) is 38.7 Å². The second-order valence-corrected chi connectivity index (χ2v) is 7.52. The third kappa shape index (κ3) is 2.68. The van der Waals surface area contributed by atoms with Crippen LogP contribution >= 0.6 is 0 Å². The van der Waals surface area contributed by atoms with Gasteiger partial charge in [0, 0.05) is 29.9 Å². The van der Waals surface area contributed by atoms with Crippen molar-refractivity contribution in [2.75, 3.05) is 13.1 Å². The van der Waals surface area contributed by atoms with E-state index >= 15 is 0 Å². The van der Waals surface area contributed by atoms with Crippen LogP contribution in [-0.2, 0) is 0 Å². The van der Waals surface area contributed by atoms with Crippen molar-refractivity contribution < 1.29 is 4.79 Å². The zero-order valence-electron chi connectivity index (χ0n) is 16.0. The Morgan fingerprint density at radius 3 is 2.38 bits per heavy atom. The van der Waals surface area contributed by atoms with Crippen molar-refractivity contribution in [1.82, 2.24) is 19.7 Å². The molecule has 3 heterocycles. The standard InChI is InChI=1S/C21H24N4O/c1-12-6-13(2)20-18(9-14(3)22-19(20)7-12)21(26)24-10-17(11-24)25-16(5)8-15(4)23-25/h6-9,17H,10-11H2,1-5H3. The van der Waals surface area contributed by atoms with Gasteiger partial charge in [-0.15, -0.1) is 0 Å². The number of benzene rings is 1. The van der Waals surface area contributed by atoms with Crippen molar-refractivity contribution in [3.05, 3.63) is 58.0 Å². The van der Waals surface area contributed by atoms with Crippen molar-refractivity contribution >= 4 is 16.8 Å². The predicted molar refractivity (Wildman–Crippen MR) is 103 cm³/mol. The number of nitrogens with zero attached hydrogens (tertiary/aromatic N) is 4. The summed E-state index contributed by atoms with van der Waals surface area (Å²) in [6, 6.07) is 8.44. The number of rotatable bonds is 2. The summed E-state index contributed by atoms with van der Waals surface area (Å²) in [5.74, 6) is 0.0882. The van der Waals surface area contributed by atoms with Gasteiger partial charge in [0.15, 0.2) is 0 Å². The van der Waals surface area contributed by atoms with Crippen LogP contribution in [0.2, 0.25) is 0 Å². The molecule has 0 saturated carbocycles. The minimum absolute atomic E-state index is 0.0882. The number of aromatic nitrogens is 3. The van der Waals surface area contributed by atoms with E-state index in [9.17, 15) is 4.79 Å². The summed E-state index contributed by atoms with van der Waals surface area (Å²) in [5, 5.41) is 5.53. The van der Waals surface area contributed by atoms with E-state index < -0.39 is 0 Å². The van der Waals surface area contributed by atoms with E-state index in [4.69, 9.17) is 0 Å². The summed E-state index contributed by atoms with van der Waals surface area (Å²) in [7, 11) is 0. The predicted octanol–water partition coefficient (Wildman–Crippen LogP) is 3.67. The van der Waals surface area contributed by atoms with Crippen LogP contribution in [0.15, 0.2) is 24.3 Å². The Hall–Kier alpha value is -2.69. The van der Waals surface area contributed by atoms with Gasteiger partial charge in [-0.2, -0.15) is 5.10 Å². The largest absolute Gasteiger partial charge is 0.334 e. The highest BCUT2D eigenvalue weighted by atomic mass is 16.2. The van der Waals surface area contributed by atoms with Gasteiger partial charge in [0.2, 0.25) is 0 Å². The third-order valence-corrected chi connectivity index (χ3v) is 5.15. The molecule has 26 heavy (non-hydrogen) atoms. The Morgan fingerprint density at radius 2 is 1.73 bits per heavy atom. The van der Waals surface area contributed by atoms with E-state index in [0.717, 1.165) is 39.1 Å². The lowest BCUT2D eigenvalue weighted by molar-refractivity contribution is 0.0499. The zero-order valence-corrected chi connectivity index (χ0v) is 16.0. The van der Waals surface area contributed by atoms with E-state index in [-0.39, 0.29) is 11.9 Å². The maximum atomic E-state index is 13.2. The molecule has 2 aromatic heterocycles. The fraction of sp³-hybridized carbons (Fsp3) is 0.381. The molecule has 1 fully saturated rings. The molecule has 4 rings (SSSR count). The number of carbonyl (C=O) groups is 1. The zero-order chi connectivity index (χ0) is 18.6. The highest BCUT2D eigenvalue weighted by molar-refractivity contribution is 6.07. The smallest absolute Gasteiger partial charge is 0.254 e. The lowest BCUT2D eigenvalue weighted by atomic mass is 9.98. The van der Waals surface area contributed by atoms with Gasteiger partial charge in [-0.25, -0.2) is 0 Å². The van der Waals surface area contributed by atoms with Crippen LogP contribution < -0.4 is 0 Å². The van der Waals surface area contributed by atoms with E-state index in [1.165, 1.54) is 5.56 Å². The lowest BCUT2D eigenvalue weighted by Gasteiger charge is -2.40. The molecule has 0 bridgehead atoms. The van der Waals surface area contributed by atoms with Crippen LogP contribution in [0, 0.1) is 34.6 Å². The fourth-order valence-electron chi connectivity index (χ4n) is 4.02. The Bertz CT molecular complexity index is 1020. The van der Waals surface area contributed by atoms with E-state index in [1.807, 2.05) is 29.5 Å². The summed E-state index contributed by atoms with van der Waals surface area (Å²) in [6.07, 6.45) is 0. The Morgan fingerprint density at radius 1 is 1.00 bits per heavy atom. The molecule has 0 radical (unpaired) electrons. The summed E-state index contributed by atoms with van der Waals surface area (Å²) in [4.78, 5) is 19.7. The highest BCUT2D eigenvalue weighted by Crippen LogP contribution is 2.29. The van der Waals surface area contributed by atoms with E-state index in [2.05, 4.69) is 49.1 Å². The molecule has 1 aliphatic rings. The first-order valence-corrected chi connectivity index (χ1v) is 9.04. The summed E-state index contributed by atoms with van der Waals surface area (Å²) in [5.41, 5.74) is 6.98. The number of pyridine rings is 1. The molecule has 134 valence electrons. The second kappa shape index (κ2) is 5.94. The van der Waals surface area contributed by atoms with Gasteiger partial charge in [-0.05, 0) is 63.9 Å². The molecule has 0 atom stereocenters. The molecule has 5 nitrogen and oxygen atoms in total. The normalized spacial score (nSPS) is 14.7. The van der Waals surface area contributed by atoms with Gasteiger partial charge < -0.3 is 4.90 Å². The topological polar surface area (TPSA) is 51.0 Å². The summed E-state index contributed by atoms with van der Waals surface area (Å²) in [6.45, 7) is 11.5. The van der Waals surface area contributed by atoms with Crippen LogP contribution in [0.4, 0.5) is 0 Å². The number of carbonyl (C=O) groups excluding carboxylic acids is 1. The molecular weight excluding hydrogens is 324 g/mol. The first kappa shape index (κ1) is 16.8. The van der Waals surface area contributed by atoms with Crippen molar-refractivity contribution in [1.29, 1.82) is 0 Å². The molecule has 0 spiro atoms. The highest BCUT2D eigenvalue weighted by Gasteiger charge is 2.34. The SMILES string of the molecule is Cc1cc(C)c2c(C(=O)N3CC(n4nc(C)cc4C)C3)cc(C)nc2c1. The number of fused-ring (bicyclic) bond motifs is 1. The number of likely N-dealkylation sites (tertiary alicyclic amines) is 1. The van der Waals surface area contributed by atoms with Crippen LogP contribution in [0.1, 0.15) is 44.6 Å². The van der Waals surface area contributed by atoms with Gasteiger partial charge >= 0.3 is 0 Å². The maximum Gasteiger partial charge on any atom is 0.254 e. The molecule has 1 aliphatic heterocycles. The molecule has 1 saturated heterocycles. The monoisotopic (exact) mass is 348 g/mol. The molecule has 0 N–H and O–H groups in total. The molecule has 3 aromatic rings. The number of aryl methyl sites for hydroxylation is 5. The Kier molecular flexibility index (Phi) is 3.83. The molecule has 1 aromatic carbocycles. The Balaban J connectivity index is 1.65. The van der Waals surface area contributed by atoms with Crippen LogP contribution in [0.25, 0.3) is 10.9 Å². The summed E-state index contributed by atoms with van der Waals surface area (Å²) >= 11 is 0. The molecule has 1 amide bonds. The Labute approximate surface area is 153 Å². The van der Waals surface area contributed by atoms with Gasteiger partial charge in [-0.1, -0.05) is 6.07 Å². The van der Waals surface area contributed by atoms with Gasteiger partial charge in [0.1, 0.15) is 0 Å². The maximum absolute atomic E-state index is 13.2. The van der Waals surface area contributed by atoms with Gasteiger partial charge in [0.25, 0.3) is 5.91 Å². The summed E-state index contributed by atoms with van der Waals surface area (Å²) < 4.78 is 2.05. The van der Waals surface area contributed by atoms with Gasteiger partial charge in [0.05, 0.1) is 22.8 Å². The quantitative estimate of drug-likeness (QED) is 0.710. The second-order valence-electron chi connectivity index (χ2n) is 7.52. The minimum Gasteiger partial charge on any atom is -0.334 e. The van der Waals surface area contributed by atoms with Crippen molar-refractivity contribution in [2.24, 2.45) is 0 Å². The number of amides is 1. The van der Waals surface area contributed by atoms with Crippen LogP contribution in [0.5, 0.6) is 0 Å². The van der Waals surface area contributed by atoms with Crippen LogP contribution in [0.3, 0.4) is 0 Å². The van der Waals surface area contributed by atoms with Crippen molar-refractivity contribution in [2.45, 2.75) is 40.7 Å². The fourth-order valence-corrected chi connectivity index (χ4v) is 4.02.